The van der Waals surface area contributed by atoms with E-state index in [9.17, 15) is 22.4 Å². The fourth-order valence-electron chi connectivity index (χ4n) is 4.80. The second-order valence-electron chi connectivity index (χ2n) is 10.1. The number of hydrogen-bond acceptors (Lipinski definition) is 4. The van der Waals surface area contributed by atoms with Gasteiger partial charge >= 0.3 is 10.2 Å². The third-order valence-electron chi connectivity index (χ3n) is 6.91. The number of hydrogen-bond donors (Lipinski definition) is 1. The number of aryl methyl sites for hydroxylation is 1. The van der Waals surface area contributed by atoms with Gasteiger partial charge in [0, 0.05) is 26.7 Å². The van der Waals surface area contributed by atoms with Gasteiger partial charge in [-0.15, -0.1) is 0 Å². The zero-order chi connectivity index (χ0) is 27.9. The van der Waals surface area contributed by atoms with Crippen LogP contribution in [-0.2, 0) is 26.3 Å². The molecule has 3 rings (SSSR count). The molecule has 0 saturated heterocycles. The molecule has 1 N–H and O–H groups in total. The topological polar surface area (TPSA) is 90.0 Å². The lowest BCUT2D eigenvalue weighted by atomic mass is 9.95. The van der Waals surface area contributed by atoms with Crippen LogP contribution in [0.3, 0.4) is 0 Å². The van der Waals surface area contributed by atoms with Gasteiger partial charge in [0.1, 0.15) is 18.4 Å². The minimum Gasteiger partial charge on any atom is -0.352 e. The van der Waals surface area contributed by atoms with Crippen molar-refractivity contribution >= 4 is 27.7 Å². The zero-order valence-electron chi connectivity index (χ0n) is 22.7. The van der Waals surface area contributed by atoms with Gasteiger partial charge in [0.25, 0.3) is 0 Å². The predicted octanol–water partition coefficient (Wildman–Crippen LogP) is 4.00. The van der Waals surface area contributed by atoms with E-state index in [0.717, 1.165) is 64.0 Å². The average molecular weight is 547 g/mol. The maximum absolute atomic E-state index is 13.9. The Kier molecular flexibility index (Phi) is 10.3. The van der Waals surface area contributed by atoms with Gasteiger partial charge in [-0.3, -0.25) is 9.59 Å². The molecule has 0 spiro atoms. The van der Waals surface area contributed by atoms with Crippen molar-refractivity contribution in [2.45, 2.75) is 71.0 Å². The summed E-state index contributed by atoms with van der Waals surface area (Å²) in [7, 11) is -1.36. The van der Waals surface area contributed by atoms with Crippen molar-refractivity contribution in [1.82, 2.24) is 14.5 Å². The van der Waals surface area contributed by atoms with Gasteiger partial charge in [-0.25, -0.2) is 8.70 Å². The normalized spacial score (nSPS) is 15.2. The van der Waals surface area contributed by atoms with Crippen molar-refractivity contribution in [2.75, 3.05) is 24.9 Å². The SMILES string of the molecule is CC[C@H](C(=O)NC1CCCCC1)N(Cc1cccc(C)c1)C(=O)CN(c1ccc(F)cc1)S(=O)(=O)N(C)C. The van der Waals surface area contributed by atoms with E-state index in [4.69, 9.17) is 0 Å². The van der Waals surface area contributed by atoms with Crippen LogP contribution in [0.1, 0.15) is 56.6 Å². The first kappa shape index (κ1) is 29.6. The molecule has 0 radical (unpaired) electrons. The van der Waals surface area contributed by atoms with E-state index >= 15 is 0 Å². The van der Waals surface area contributed by atoms with Crippen molar-refractivity contribution in [3.05, 3.63) is 65.5 Å². The maximum atomic E-state index is 13.9. The molecular weight excluding hydrogens is 507 g/mol. The summed E-state index contributed by atoms with van der Waals surface area (Å²) < 4.78 is 42.0. The van der Waals surface area contributed by atoms with E-state index in [1.807, 2.05) is 38.1 Å². The van der Waals surface area contributed by atoms with Crippen molar-refractivity contribution in [1.29, 1.82) is 0 Å². The first-order valence-electron chi connectivity index (χ1n) is 13.1. The summed E-state index contributed by atoms with van der Waals surface area (Å²) in [5, 5.41) is 3.13. The molecule has 0 heterocycles. The van der Waals surface area contributed by atoms with Gasteiger partial charge in [-0.1, -0.05) is 56.0 Å². The minimum atomic E-state index is -4.09. The molecule has 10 heteroatoms. The van der Waals surface area contributed by atoms with Crippen molar-refractivity contribution in [3.63, 3.8) is 0 Å². The molecule has 2 aromatic carbocycles. The number of carbonyl (C=O) groups is 2. The molecule has 1 aliphatic rings. The molecular formula is C28H39FN4O4S. The first-order chi connectivity index (χ1) is 18.0. The highest BCUT2D eigenvalue weighted by atomic mass is 32.2. The number of halogens is 1. The van der Waals surface area contributed by atoms with Gasteiger partial charge in [-0.2, -0.15) is 12.7 Å². The number of benzene rings is 2. The lowest BCUT2D eigenvalue weighted by Crippen LogP contribution is -2.54. The summed E-state index contributed by atoms with van der Waals surface area (Å²) in [6.07, 6.45) is 5.46. The van der Waals surface area contributed by atoms with E-state index < -0.39 is 34.5 Å². The van der Waals surface area contributed by atoms with E-state index in [1.165, 1.54) is 31.1 Å². The molecule has 1 fully saturated rings. The van der Waals surface area contributed by atoms with Crippen LogP contribution < -0.4 is 9.62 Å². The molecule has 0 aliphatic heterocycles. The standard InChI is InChI=1S/C28H39FN4O4S/c1-5-26(28(35)30-24-12-7-6-8-13-24)32(19-22-11-9-10-21(2)18-22)27(34)20-33(38(36,37)31(3)4)25-16-14-23(29)15-17-25/h9-11,14-18,24,26H,5-8,12-13,19-20H2,1-4H3,(H,30,35)/t26-/m1/s1. The van der Waals surface area contributed by atoms with Gasteiger partial charge < -0.3 is 10.2 Å². The van der Waals surface area contributed by atoms with Crippen LogP contribution in [0.25, 0.3) is 0 Å². The highest BCUT2D eigenvalue weighted by Crippen LogP contribution is 2.23. The molecule has 38 heavy (non-hydrogen) atoms. The number of rotatable bonds is 11. The van der Waals surface area contributed by atoms with Crippen LogP contribution in [0.4, 0.5) is 10.1 Å². The third kappa shape index (κ3) is 7.54. The van der Waals surface area contributed by atoms with Crippen LogP contribution in [0, 0.1) is 12.7 Å². The molecule has 8 nitrogen and oxygen atoms in total. The van der Waals surface area contributed by atoms with E-state index in [1.54, 1.807) is 0 Å². The Morgan fingerprint density at radius 3 is 2.29 bits per heavy atom. The molecule has 1 atom stereocenters. The highest BCUT2D eigenvalue weighted by molar-refractivity contribution is 7.90. The Morgan fingerprint density at radius 1 is 1.05 bits per heavy atom. The summed E-state index contributed by atoms with van der Waals surface area (Å²) in [6, 6.07) is 11.9. The van der Waals surface area contributed by atoms with Crippen LogP contribution in [-0.4, -0.2) is 62.2 Å². The van der Waals surface area contributed by atoms with Crippen molar-refractivity contribution in [2.24, 2.45) is 0 Å². The van der Waals surface area contributed by atoms with Crippen LogP contribution in [0.15, 0.2) is 48.5 Å². The Labute approximate surface area is 226 Å². The number of nitrogens with zero attached hydrogens (tertiary/aromatic N) is 3. The maximum Gasteiger partial charge on any atom is 0.304 e. The first-order valence-corrected chi connectivity index (χ1v) is 14.5. The predicted molar refractivity (Wildman–Crippen MR) is 147 cm³/mol. The average Bonchev–Trinajstić information content (AvgIpc) is 2.88. The zero-order valence-corrected chi connectivity index (χ0v) is 23.5. The largest absolute Gasteiger partial charge is 0.352 e. The summed E-state index contributed by atoms with van der Waals surface area (Å²) in [6.45, 7) is 3.40. The molecule has 1 saturated carbocycles. The summed E-state index contributed by atoms with van der Waals surface area (Å²) >= 11 is 0. The Hall–Kier alpha value is -2.98. The number of anilines is 1. The molecule has 0 aromatic heterocycles. The highest BCUT2D eigenvalue weighted by Gasteiger charge is 2.34. The Balaban J connectivity index is 1.95. The lowest BCUT2D eigenvalue weighted by molar-refractivity contribution is -0.140. The monoisotopic (exact) mass is 546 g/mol. The summed E-state index contributed by atoms with van der Waals surface area (Å²) in [5.41, 5.74) is 2.01. The van der Waals surface area contributed by atoms with Gasteiger partial charge in [0.05, 0.1) is 5.69 Å². The molecule has 1 aliphatic carbocycles. The molecule has 208 valence electrons. The molecule has 0 bridgehead atoms. The van der Waals surface area contributed by atoms with Gasteiger partial charge in [0.2, 0.25) is 11.8 Å². The fourth-order valence-corrected chi connectivity index (χ4v) is 5.85. The smallest absolute Gasteiger partial charge is 0.304 e. The molecule has 2 amide bonds. The van der Waals surface area contributed by atoms with E-state index in [2.05, 4.69) is 5.32 Å². The summed E-state index contributed by atoms with van der Waals surface area (Å²) in [5.74, 6) is -1.27. The minimum absolute atomic E-state index is 0.0751. The van der Waals surface area contributed by atoms with E-state index in [-0.39, 0.29) is 24.2 Å². The van der Waals surface area contributed by atoms with Gasteiger partial charge in [-0.05, 0) is 56.0 Å². The van der Waals surface area contributed by atoms with Crippen LogP contribution in [0.2, 0.25) is 0 Å². The quantitative estimate of drug-likeness (QED) is 0.461. The Bertz CT molecular complexity index is 1200. The van der Waals surface area contributed by atoms with Crippen LogP contribution >= 0.6 is 0 Å². The number of carbonyl (C=O) groups excluding carboxylic acids is 2. The van der Waals surface area contributed by atoms with Gasteiger partial charge in [0.15, 0.2) is 0 Å². The molecule has 2 aromatic rings. The second-order valence-corrected chi connectivity index (χ2v) is 12.1. The third-order valence-corrected chi connectivity index (χ3v) is 8.73. The molecule has 0 unspecified atom stereocenters. The Morgan fingerprint density at radius 2 is 1.71 bits per heavy atom. The number of amides is 2. The van der Waals surface area contributed by atoms with Crippen molar-refractivity contribution < 1.29 is 22.4 Å². The van der Waals surface area contributed by atoms with E-state index in [0.29, 0.717) is 6.42 Å². The fraction of sp³-hybridized carbons (Fsp3) is 0.500. The summed E-state index contributed by atoms with van der Waals surface area (Å²) in [4.78, 5) is 28.8. The lowest BCUT2D eigenvalue weighted by Gasteiger charge is -2.35. The second kappa shape index (κ2) is 13.2. The number of nitrogens with one attached hydrogen (secondary N) is 1. The van der Waals surface area contributed by atoms with Crippen LogP contribution in [0.5, 0.6) is 0 Å². The van der Waals surface area contributed by atoms with Crippen molar-refractivity contribution in [3.8, 4) is 0 Å².